The Morgan fingerprint density at radius 3 is 1.78 bits per heavy atom. The van der Waals surface area contributed by atoms with Gasteiger partial charge in [-0.3, -0.25) is 14.5 Å². The molecule has 3 heterocycles. The largest absolute Gasteiger partial charge is 0.448 e. The van der Waals surface area contributed by atoms with Gasteiger partial charge in [-0.05, 0) is 39.0 Å². The van der Waals surface area contributed by atoms with E-state index in [1.807, 2.05) is 146 Å². The average molecular weight is 917 g/mol. The molecule has 1 fully saturated rings. The minimum atomic E-state index is -0.997. The van der Waals surface area contributed by atoms with Gasteiger partial charge in [0.15, 0.2) is 16.9 Å². The first-order valence-corrected chi connectivity index (χ1v) is 23.4. The number of thioether (sulfide) groups is 1. The van der Waals surface area contributed by atoms with Crippen LogP contribution in [0.3, 0.4) is 0 Å². The lowest BCUT2D eigenvalue weighted by Crippen LogP contribution is -2.71. The Morgan fingerprint density at radius 2 is 1.26 bits per heavy atom. The van der Waals surface area contributed by atoms with Crippen molar-refractivity contribution >= 4 is 63.3 Å². The van der Waals surface area contributed by atoms with Gasteiger partial charge in [-0.1, -0.05) is 187 Å². The molecule has 324 valence electrons. The number of anilines is 1. The van der Waals surface area contributed by atoms with E-state index in [9.17, 15) is 14.4 Å². The molecule has 1 saturated heterocycles. The summed E-state index contributed by atoms with van der Waals surface area (Å²) in [6, 6.07) is 57.7. The van der Waals surface area contributed by atoms with Crippen LogP contribution in [0.5, 0.6) is 0 Å². The number of ether oxygens (including phenoxy) is 1. The minimum Gasteiger partial charge on any atom is -0.448 e. The van der Waals surface area contributed by atoms with Crippen LogP contribution >= 0.6 is 34.7 Å². The molecule has 0 spiro atoms. The van der Waals surface area contributed by atoms with Gasteiger partial charge in [-0.2, -0.15) is 0 Å². The van der Waals surface area contributed by atoms with Crippen molar-refractivity contribution in [2.45, 2.75) is 29.7 Å². The van der Waals surface area contributed by atoms with E-state index in [0.29, 0.717) is 16.5 Å². The standard InChI is InChI=1S/C52H42ClN5O5S2/c53-31-38-33-64-49-44(48(60)58(49)45(38)50(61)63-46(36-21-9-2-10-22-36)37-23-11-3-12-24-37)55-47(59)43(57-62-32-35-19-7-1-8-20-35)42-34-65-51(54-42)56-52(39-25-13-4-14-26-39,40-27-15-5-16-28-40)41-29-17-6-18-30-41/h1-30,34,44,46,49H,31-33H2,(H,54,56)(H,55,59)/t44-,49+/m1/s1. The summed E-state index contributed by atoms with van der Waals surface area (Å²) in [6.07, 6.45) is -0.737. The van der Waals surface area contributed by atoms with Crippen LogP contribution < -0.4 is 10.6 Å². The summed E-state index contributed by atoms with van der Waals surface area (Å²) in [4.78, 5) is 55.0. The molecule has 10 nitrogen and oxygen atoms in total. The third-order valence-electron chi connectivity index (χ3n) is 11.2. The Labute approximate surface area is 390 Å². The number of nitrogens with one attached hydrogen (secondary N) is 2. The van der Waals surface area contributed by atoms with Gasteiger partial charge in [0, 0.05) is 17.0 Å². The molecule has 9 rings (SSSR count). The van der Waals surface area contributed by atoms with Crippen molar-refractivity contribution in [3.05, 3.63) is 238 Å². The van der Waals surface area contributed by atoms with E-state index in [1.165, 1.54) is 28.0 Å². The number of oxime groups is 1. The number of esters is 1. The highest BCUT2D eigenvalue weighted by molar-refractivity contribution is 8.00. The van der Waals surface area contributed by atoms with Gasteiger partial charge in [-0.15, -0.1) is 34.7 Å². The van der Waals surface area contributed by atoms with E-state index in [-0.39, 0.29) is 29.6 Å². The zero-order chi connectivity index (χ0) is 44.6. The first kappa shape index (κ1) is 43.3. The van der Waals surface area contributed by atoms with Crippen LogP contribution in [0.4, 0.5) is 5.13 Å². The number of fused-ring (bicyclic) bond motifs is 1. The van der Waals surface area contributed by atoms with E-state index in [1.54, 1.807) is 5.38 Å². The second kappa shape index (κ2) is 19.8. The molecular weight excluding hydrogens is 874 g/mol. The lowest BCUT2D eigenvalue weighted by atomic mass is 9.77. The molecule has 1 aromatic heterocycles. The molecule has 2 aliphatic rings. The summed E-state index contributed by atoms with van der Waals surface area (Å²) in [5.41, 5.74) is 5.24. The third kappa shape index (κ3) is 9.06. The topological polar surface area (TPSA) is 122 Å². The van der Waals surface area contributed by atoms with Crippen molar-refractivity contribution in [2.24, 2.45) is 5.16 Å². The van der Waals surface area contributed by atoms with E-state index < -0.39 is 40.8 Å². The van der Waals surface area contributed by atoms with Gasteiger partial charge in [0.25, 0.3) is 11.8 Å². The quantitative estimate of drug-likeness (QED) is 0.0246. The molecule has 2 aliphatic heterocycles. The fourth-order valence-corrected chi connectivity index (χ4v) is 10.5. The zero-order valence-electron chi connectivity index (χ0n) is 34.8. The second-order valence-electron chi connectivity index (χ2n) is 15.3. The number of nitrogens with zero attached hydrogens (tertiary/aromatic N) is 3. The number of hydrogen-bond acceptors (Lipinski definition) is 10. The lowest BCUT2D eigenvalue weighted by Gasteiger charge is -2.49. The number of amides is 2. The predicted octanol–water partition coefficient (Wildman–Crippen LogP) is 9.69. The van der Waals surface area contributed by atoms with Crippen molar-refractivity contribution in [1.82, 2.24) is 15.2 Å². The SMILES string of the molecule is O=C(N[C@@H]1C(=O)N2C(C(=O)OC(c3ccccc3)c3ccccc3)=C(CCl)CS[C@@H]12)C(=NOCc1ccccc1)c1csc(NC(c2ccccc2)(c2ccccc2)c2ccccc2)n1. The van der Waals surface area contributed by atoms with Crippen LogP contribution in [0.1, 0.15) is 45.2 Å². The van der Waals surface area contributed by atoms with Crippen molar-refractivity contribution < 1.29 is 24.0 Å². The van der Waals surface area contributed by atoms with Crippen LogP contribution in [0.2, 0.25) is 0 Å². The highest BCUT2D eigenvalue weighted by Crippen LogP contribution is 2.43. The normalized spacial score (nSPS) is 16.1. The van der Waals surface area contributed by atoms with Gasteiger partial charge in [0.05, 0.1) is 0 Å². The Balaban J connectivity index is 0.999. The van der Waals surface area contributed by atoms with Gasteiger partial charge < -0.3 is 20.2 Å². The number of hydrogen-bond donors (Lipinski definition) is 2. The Hall–Kier alpha value is -6.99. The van der Waals surface area contributed by atoms with Crippen LogP contribution in [-0.4, -0.2) is 56.4 Å². The van der Waals surface area contributed by atoms with Crippen LogP contribution in [0.25, 0.3) is 0 Å². The van der Waals surface area contributed by atoms with Gasteiger partial charge >= 0.3 is 5.97 Å². The van der Waals surface area contributed by atoms with Crippen molar-refractivity contribution in [3.8, 4) is 0 Å². The second-order valence-corrected chi connectivity index (χ2v) is 17.5. The highest BCUT2D eigenvalue weighted by atomic mass is 35.5. The number of alkyl halides is 1. The molecule has 13 heteroatoms. The molecule has 0 saturated carbocycles. The maximum absolute atomic E-state index is 14.5. The molecular formula is C52H42ClN5O5S2. The molecule has 65 heavy (non-hydrogen) atoms. The number of aromatic nitrogens is 1. The minimum absolute atomic E-state index is 0.0160. The van der Waals surface area contributed by atoms with Crippen molar-refractivity contribution in [2.75, 3.05) is 16.9 Å². The van der Waals surface area contributed by atoms with E-state index in [0.717, 1.165) is 33.4 Å². The smallest absolute Gasteiger partial charge is 0.356 e. The molecule has 0 bridgehead atoms. The number of halogens is 1. The van der Waals surface area contributed by atoms with Crippen molar-refractivity contribution in [1.29, 1.82) is 0 Å². The molecule has 2 atom stereocenters. The van der Waals surface area contributed by atoms with Gasteiger partial charge in [0.1, 0.15) is 35.0 Å². The van der Waals surface area contributed by atoms with E-state index in [4.69, 9.17) is 26.2 Å². The monoisotopic (exact) mass is 915 g/mol. The Morgan fingerprint density at radius 1 is 0.754 bits per heavy atom. The summed E-state index contributed by atoms with van der Waals surface area (Å²) in [5.74, 6) is -1.46. The van der Waals surface area contributed by atoms with Crippen molar-refractivity contribution in [3.63, 3.8) is 0 Å². The number of rotatable bonds is 16. The summed E-state index contributed by atoms with van der Waals surface area (Å²) in [7, 11) is 0. The molecule has 0 unspecified atom stereocenters. The zero-order valence-corrected chi connectivity index (χ0v) is 37.2. The molecule has 7 aromatic rings. The van der Waals surface area contributed by atoms with E-state index >= 15 is 0 Å². The molecule has 2 N–H and O–H groups in total. The maximum atomic E-state index is 14.5. The number of carbonyl (C=O) groups is 3. The van der Waals surface area contributed by atoms with Gasteiger partial charge in [-0.25, -0.2) is 9.78 Å². The summed E-state index contributed by atoms with van der Waals surface area (Å²) in [5, 5.41) is 12.7. The summed E-state index contributed by atoms with van der Waals surface area (Å²) in [6.45, 7) is 0.0883. The molecule has 2 amide bonds. The number of carbonyl (C=O) groups excluding carboxylic acids is 3. The van der Waals surface area contributed by atoms with Crippen LogP contribution in [0.15, 0.2) is 204 Å². The first-order valence-electron chi connectivity index (χ1n) is 20.9. The van der Waals surface area contributed by atoms with Crippen LogP contribution in [-0.2, 0) is 36.1 Å². The fourth-order valence-electron chi connectivity index (χ4n) is 8.06. The number of β-lactam (4-membered cyclic amide) rings is 1. The van der Waals surface area contributed by atoms with E-state index in [2.05, 4.69) is 52.2 Å². The fraction of sp³-hybridized carbons (Fsp3) is 0.135. The molecule has 0 radical (unpaired) electrons. The third-order valence-corrected chi connectivity index (χ3v) is 13.6. The van der Waals surface area contributed by atoms with Gasteiger partial charge in [0.2, 0.25) is 0 Å². The van der Waals surface area contributed by atoms with Crippen LogP contribution in [0, 0.1) is 0 Å². The molecule has 6 aromatic carbocycles. The summed E-state index contributed by atoms with van der Waals surface area (Å²) >= 11 is 9.13. The number of thiazole rings is 1. The average Bonchev–Trinajstić information content (AvgIpc) is 3.84. The maximum Gasteiger partial charge on any atom is 0.356 e. The highest BCUT2D eigenvalue weighted by Gasteiger charge is 2.55. The molecule has 0 aliphatic carbocycles. The lowest BCUT2D eigenvalue weighted by molar-refractivity contribution is -0.154. The Kier molecular flexibility index (Phi) is 13.2. The summed E-state index contributed by atoms with van der Waals surface area (Å²) < 4.78 is 6.22. The first-order chi connectivity index (χ1) is 31.9. The number of benzene rings is 6. The Bertz CT molecular complexity index is 2680. The predicted molar refractivity (Wildman–Crippen MR) is 256 cm³/mol.